The van der Waals surface area contributed by atoms with Crippen LogP contribution in [-0.2, 0) is 16.0 Å². The average molecular weight is 267 g/mol. The van der Waals surface area contributed by atoms with E-state index in [1.165, 1.54) is 6.07 Å². The van der Waals surface area contributed by atoms with Crippen molar-refractivity contribution in [3.8, 4) is 6.07 Å². The van der Waals surface area contributed by atoms with E-state index < -0.39 is 24.4 Å². The van der Waals surface area contributed by atoms with E-state index in [9.17, 15) is 18.4 Å². The third kappa shape index (κ3) is 3.35. The summed E-state index contributed by atoms with van der Waals surface area (Å²) < 4.78 is 30.7. The molecule has 0 heterocycles. The zero-order chi connectivity index (χ0) is 14.4. The number of alkyl halides is 2. The second-order valence-electron chi connectivity index (χ2n) is 3.61. The molecular weight excluding hydrogens is 256 g/mol. The monoisotopic (exact) mass is 267 g/mol. The predicted molar refractivity (Wildman–Crippen MR) is 61.8 cm³/mol. The number of hydrogen-bond acceptors (Lipinski definition) is 4. The number of halogens is 2. The number of carbonyl (C=O) groups excluding carboxylic acids is 2. The molecule has 100 valence electrons. The number of rotatable bonds is 5. The lowest BCUT2D eigenvalue weighted by atomic mass is 9.95. The summed E-state index contributed by atoms with van der Waals surface area (Å²) >= 11 is 0. The van der Waals surface area contributed by atoms with Crippen LogP contribution in [0.1, 0.15) is 40.4 Å². The second-order valence-corrected chi connectivity index (χ2v) is 3.61. The molecule has 0 aliphatic carbocycles. The third-order valence-electron chi connectivity index (χ3n) is 2.49. The minimum Gasteiger partial charge on any atom is -0.466 e. The largest absolute Gasteiger partial charge is 0.466 e. The molecule has 0 unspecified atom stereocenters. The lowest BCUT2D eigenvalue weighted by Gasteiger charge is -2.12. The van der Waals surface area contributed by atoms with Gasteiger partial charge in [-0.25, -0.2) is 8.78 Å². The van der Waals surface area contributed by atoms with Gasteiger partial charge in [0.1, 0.15) is 6.29 Å². The fraction of sp³-hybridized carbons (Fsp3) is 0.308. The first-order valence-corrected chi connectivity index (χ1v) is 5.49. The van der Waals surface area contributed by atoms with Crippen molar-refractivity contribution in [3.63, 3.8) is 0 Å². The molecule has 0 aliphatic heterocycles. The van der Waals surface area contributed by atoms with Gasteiger partial charge in [0.2, 0.25) is 0 Å². The van der Waals surface area contributed by atoms with Crippen molar-refractivity contribution < 1.29 is 23.1 Å². The Hall–Kier alpha value is -2.29. The highest BCUT2D eigenvalue weighted by molar-refractivity contribution is 5.83. The molecule has 0 saturated carbocycles. The van der Waals surface area contributed by atoms with E-state index in [2.05, 4.69) is 4.74 Å². The first-order valence-electron chi connectivity index (χ1n) is 5.49. The molecule has 0 aliphatic rings. The van der Waals surface area contributed by atoms with E-state index in [0.717, 1.165) is 6.07 Å². The Morgan fingerprint density at radius 1 is 1.53 bits per heavy atom. The molecule has 1 aromatic rings. The van der Waals surface area contributed by atoms with Crippen LogP contribution in [0.5, 0.6) is 0 Å². The average Bonchev–Trinajstić information content (AvgIpc) is 2.37. The van der Waals surface area contributed by atoms with E-state index in [1.54, 1.807) is 13.0 Å². The number of ether oxygens (including phenoxy) is 1. The molecule has 0 saturated heterocycles. The molecule has 0 amide bonds. The quantitative estimate of drug-likeness (QED) is 0.607. The first-order chi connectivity index (χ1) is 9.04. The number of nitrogens with zero attached hydrogens (tertiary/aromatic N) is 1. The highest BCUT2D eigenvalue weighted by Crippen LogP contribution is 2.29. The lowest BCUT2D eigenvalue weighted by molar-refractivity contribution is -0.142. The predicted octanol–water partition coefficient (Wildman–Crippen LogP) is 2.41. The van der Waals surface area contributed by atoms with Crippen molar-refractivity contribution in [1.29, 1.82) is 5.26 Å². The van der Waals surface area contributed by atoms with Gasteiger partial charge in [-0.2, -0.15) is 5.26 Å². The van der Waals surface area contributed by atoms with Crippen LogP contribution >= 0.6 is 0 Å². The van der Waals surface area contributed by atoms with Crippen LogP contribution in [0.25, 0.3) is 0 Å². The SMILES string of the molecule is CCOC(=O)Cc1c(C=O)ccc(C#N)c1C(F)F. The minimum absolute atomic E-state index is 0.0395. The van der Waals surface area contributed by atoms with E-state index in [4.69, 9.17) is 5.26 Å². The van der Waals surface area contributed by atoms with Gasteiger partial charge < -0.3 is 4.74 Å². The second kappa shape index (κ2) is 6.59. The molecule has 0 N–H and O–H groups in total. The van der Waals surface area contributed by atoms with Crippen molar-refractivity contribution in [2.45, 2.75) is 19.8 Å². The van der Waals surface area contributed by atoms with Crippen molar-refractivity contribution in [1.82, 2.24) is 0 Å². The third-order valence-corrected chi connectivity index (χ3v) is 2.49. The minimum atomic E-state index is -2.95. The summed E-state index contributed by atoms with van der Waals surface area (Å²) in [6.07, 6.45) is -3.03. The van der Waals surface area contributed by atoms with Crippen molar-refractivity contribution >= 4 is 12.3 Å². The van der Waals surface area contributed by atoms with Crippen molar-refractivity contribution in [3.05, 3.63) is 34.4 Å². The van der Waals surface area contributed by atoms with Gasteiger partial charge in [0.05, 0.1) is 24.7 Å². The van der Waals surface area contributed by atoms with E-state index in [0.29, 0.717) is 6.29 Å². The molecular formula is C13H11F2NO3. The van der Waals surface area contributed by atoms with Crippen molar-refractivity contribution in [2.75, 3.05) is 6.61 Å². The fourth-order valence-corrected chi connectivity index (χ4v) is 1.69. The zero-order valence-electron chi connectivity index (χ0n) is 10.2. The highest BCUT2D eigenvalue weighted by atomic mass is 19.3. The van der Waals surface area contributed by atoms with Gasteiger partial charge in [-0.1, -0.05) is 6.07 Å². The van der Waals surface area contributed by atoms with Crippen LogP contribution in [0.2, 0.25) is 0 Å². The summed E-state index contributed by atoms with van der Waals surface area (Å²) in [6, 6.07) is 4.01. The Morgan fingerprint density at radius 2 is 2.21 bits per heavy atom. The van der Waals surface area contributed by atoms with Gasteiger partial charge >= 0.3 is 5.97 Å². The smallest absolute Gasteiger partial charge is 0.310 e. The van der Waals surface area contributed by atoms with Gasteiger partial charge in [0.25, 0.3) is 6.43 Å². The van der Waals surface area contributed by atoms with Crippen LogP contribution < -0.4 is 0 Å². The van der Waals surface area contributed by atoms with Gasteiger partial charge in [0.15, 0.2) is 0 Å². The maximum atomic E-state index is 13.0. The zero-order valence-corrected chi connectivity index (χ0v) is 10.2. The highest BCUT2D eigenvalue weighted by Gasteiger charge is 2.23. The molecule has 0 spiro atoms. The van der Waals surface area contributed by atoms with E-state index in [1.807, 2.05) is 0 Å². The maximum Gasteiger partial charge on any atom is 0.310 e. The Morgan fingerprint density at radius 3 is 2.68 bits per heavy atom. The maximum absolute atomic E-state index is 13.0. The standard InChI is InChI=1S/C13H11F2NO3/c1-2-19-11(18)5-10-9(7-17)4-3-8(6-16)12(10)13(14)15/h3-4,7,13H,2,5H2,1H3. The molecule has 19 heavy (non-hydrogen) atoms. The number of benzene rings is 1. The number of nitriles is 1. The topological polar surface area (TPSA) is 67.2 Å². The Balaban J connectivity index is 3.35. The Labute approximate surface area is 108 Å². The van der Waals surface area contributed by atoms with Crippen LogP contribution in [0.3, 0.4) is 0 Å². The molecule has 6 heteroatoms. The van der Waals surface area contributed by atoms with Gasteiger partial charge in [-0.3, -0.25) is 9.59 Å². The number of esters is 1. The van der Waals surface area contributed by atoms with Crippen LogP contribution in [0.15, 0.2) is 12.1 Å². The fourth-order valence-electron chi connectivity index (χ4n) is 1.69. The summed E-state index contributed by atoms with van der Waals surface area (Å²) in [4.78, 5) is 22.3. The van der Waals surface area contributed by atoms with Crippen molar-refractivity contribution in [2.24, 2.45) is 0 Å². The van der Waals surface area contributed by atoms with E-state index >= 15 is 0 Å². The van der Waals surface area contributed by atoms with Crippen LogP contribution in [0, 0.1) is 11.3 Å². The van der Waals surface area contributed by atoms with Gasteiger partial charge in [-0.05, 0) is 18.6 Å². The lowest BCUT2D eigenvalue weighted by Crippen LogP contribution is -2.12. The number of hydrogen-bond donors (Lipinski definition) is 0. The summed E-state index contributed by atoms with van der Waals surface area (Å²) in [5.74, 6) is -0.720. The van der Waals surface area contributed by atoms with Gasteiger partial charge in [0, 0.05) is 11.1 Å². The normalized spacial score (nSPS) is 10.1. The summed E-state index contributed by atoms with van der Waals surface area (Å²) in [6.45, 7) is 1.69. The molecule has 0 radical (unpaired) electrons. The molecule has 1 aromatic carbocycles. The number of aldehydes is 1. The van der Waals surface area contributed by atoms with E-state index in [-0.39, 0.29) is 23.3 Å². The first kappa shape index (κ1) is 14.8. The Bertz CT molecular complexity index is 535. The summed E-state index contributed by atoms with van der Waals surface area (Å²) in [7, 11) is 0. The Kier molecular flexibility index (Phi) is 5.12. The van der Waals surface area contributed by atoms with Crippen LogP contribution in [-0.4, -0.2) is 18.9 Å². The molecule has 0 aromatic heterocycles. The van der Waals surface area contributed by atoms with Crippen LogP contribution in [0.4, 0.5) is 8.78 Å². The molecule has 1 rings (SSSR count). The summed E-state index contributed by atoms with van der Waals surface area (Å²) in [5, 5.41) is 8.81. The number of carbonyl (C=O) groups is 2. The molecule has 0 fully saturated rings. The van der Waals surface area contributed by atoms with Gasteiger partial charge in [-0.15, -0.1) is 0 Å². The molecule has 0 atom stereocenters. The molecule has 0 bridgehead atoms. The molecule has 4 nitrogen and oxygen atoms in total. The summed E-state index contributed by atoms with van der Waals surface area (Å²) in [5.41, 5.74) is -1.02.